The van der Waals surface area contributed by atoms with Gasteiger partial charge in [0.15, 0.2) is 0 Å². The molecule has 174 valence electrons. The molecule has 0 bridgehead atoms. The van der Waals surface area contributed by atoms with Gasteiger partial charge in [-0.3, -0.25) is 0 Å². The number of allylic oxidation sites excluding steroid dienone is 1. The molecule has 0 fully saturated rings. The van der Waals surface area contributed by atoms with Crippen molar-refractivity contribution in [2.45, 2.75) is 52.1 Å². The molecule has 0 saturated carbocycles. The van der Waals surface area contributed by atoms with Crippen LogP contribution in [-0.2, 0) is 13.5 Å². The number of hydrogen-bond acceptors (Lipinski definition) is 5. The molecule has 35 heavy (non-hydrogen) atoms. The Kier molecular flexibility index (Phi) is 4.79. The van der Waals surface area contributed by atoms with Crippen molar-refractivity contribution in [2.24, 2.45) is 7.05 Å². The van der Waals surface area contributed by atoms with Crippen molar-refractivity contribution in [2.75, 3.05) is 0 Å². The number of pyridine rings is 2. The largest absolute Gasteiger partial charge is 0.470 e. The zero-order valence-corrected chi connectivity index (χ0v) is 20.5. The van der Waals surface area contributed by atoms with Crippen molar-refractivity contribution in [1.82, 2.24) is 24.5 Å². The minimum atomic E-state index is -0.213. The Morgan fingerprint density at radius 2 is 2.00 bits per heavy atom. The number of terminal acetylenes is 1. The molecule has 5 heterocycles. The van der Waals surface area contributed by atoms with Crippen LogP contribution in [0.1, 0.15) is 53.0 Å². The maximum Gasteiger partial charge on any atom is 0.217 e. The molecule has 2 aliphatic rings. The number of fused-ring (bicyclic) bond motifs is 2. The van der Waals surface area contributed by atoms with Gasteiger partial charge in [0, 0.05) is 53.9 Å². The molecule has 4 aromatic rings. The Morgan fingerprint density at radius 3 is 2.74 bits per heavy atom. The van der Waals surface area contributed by atoms with Gasteiger partial charge in [-0.05, 0) is 56.9 Å². The molecule has 0 saturated heterocycles. The first-order valence-corrected chi connectivity index (χ1v) is 12.0. The van der Waals surface area contributed by atoms with Crippen LogP contribution >= 0.6 is 0 Å². The second kappa shape index (κ2) is 7.78. The monoisotopic (exact) mass is 461 g/mol. The summed E-state index contributed by atoms with van der Waals surface area (Å²) in [5.41, 5.74) is 10.3. The van der Waals surface area contributed by atoms with Crippen molar-refractivity contribution in [3.05, 3.63) is 70.6 Å². The Labute approximate surface area is 205 Å². The molecule has 0 unspecified atom stereocenters. The van der Waals surface area contributed by atoms with Crippen LogP contribution < -0.4 is 4.74 Å². The molecule has 0 amide bonds. The van der Waals surface area contributed by atoms with Gasteiger partial charge in [0.25, 0.3) is 0 Å². The van der Waals surface area contributed by atoms with Gasteiger partial charge >= 0.3 is 0 Å². The van der Waals surface area contributed by atoms with Gasteiger partial charge in [-0.1, -0.05) is 18.1 Å². The summed E-state index contributed by atoms with van der Waals surface area (Å²) in [5.74, 6) is 3.44. The standard InChI is InChI=1S/C29H27N5O/c1-6-22-13-17(2)23(15-30-22)26-25(24-19(4)31-16-32-27(24)34(26)5)20-9-11-29(12-10-20)14-21-8-7-18(3)33-28(21)35-29/h1,7-9,13,15-16H,10-12,14H2,2-5H3/t29-/m1/s1. The van der Waals surface area contributed by atoms with Crippen molar-refractivity contribution in [3.63, 3.8) is 0 Å². The van der Waals surface area contributed by atoms with Crippen LogP contribution in [0.2, 0.25) is 0 Å². The fourth-order valence-electron chi connectivity index (χ4n) is 5.64. The molecule has 1 spiro atoms. The van der Waals surface area contributed by atoms with E-state index in [1.807, 2.05) is 19.2 Å². The number of rotatable bonds is 2. The summed E-state index contributed by atoms with van der Waals surface area (Å²) < 4.78 is 8.63. The maximum atomic E-state index is 6.46. The van der Waals surface area contributed by atoms with Gasteiger partial charge in [-0.2, -0.15) is 0 Å². The van der Waals surface area contributed by atoms with Crippen molar-refractivity contribution >= 4 is 16.6 Å². The first-order chi connectivity index (χ1) is 16.9. The Bertz CT molecular complexity index is 1590. The number of aryl methyl sites for hydroxylation is 4. The highest BCUT2D eigenvalue weighted by molar-refractivity contribution is 6.01. The van der Waals surface area contributed by atoms with E-state index in [-0.39, 0.29) is 5.60 Å². The summed E-state index contributed by atoms with van der Waals surface area (Å²) in [7, 11) is 2.07. The lowest BCUT2D eigenvalue weighted by Gasteiger charge is -2.32. The predicted octanol–water partition coefficient (Wildman–Crippen LogP) is 5.27. The van der Waals surface area contributed by atoms with E-state index in [0.717, 1.165) is 70.8 Å². The summed E-state index contributed by atoms with van der Waals surface area (Å²) in [5, 5.41) is 1.10. The number of hydrogen-bond donors (Lipinski definition) is 0. The van der Waals surface area contributed by atoms with Gasteiger partial charge in [0.2, 0.25) is 5.88 Å². The zero-order valence-electron chi connectivity index (χ0n) is 20.5. The second-order valence-electron chi connectivity index (χ2n) is 9.78. The van der Waals surface area contributed by atoms with Crippen molar-refractivity contribution in [1.29, 1.82) is 0 Å². The third-order valence-corrected chi connectivity index (χ3v) is 7.47. The van der Waals surface area contributed by atoms with E-state index in [9.17, 15) is 0 Å². The molecule has 6 rings (SSSR count). The Balaban J connectivity index is 1.48. The smallest absolute Gasteiger partial charge is 0.217 e. The molecule has 1 atom stereocenters. The molecule has 0 N–H and O–H groups in total. The quantitative estimate of drug-likeness (QED) is 0.380. The van der Waals surface area contributed by atoms with E-state index >= 15 is 0 Å². The van der Waals surface area contributed by atoms with Gasteiger partial charge in [0.1, 0.15) is 23.3 Å². The van der Waals surface area contributed by atoms with Crippen LogP contribution in [0.4, 0.5) is 0 Å². The lowest BCUT2D eigenvalue weighted by molar-refractivity contribution is 0.0814. The summed E-state index contributed by atoms with van der Waals surface area (Å²) in [6, 6.07) is 6.20. The Morgan fingerprint density at radius 1 is 1.14 bits per heavy atom. The highest BCUT2D eigenvalue weighted by Gasteiger charge is 2.42. The molecule has 0 radical (unpaired) electrons. The average molecular weight is 462 g/mol. The first kappa shape index (κ1) is 21.5. The van der Waals surface area contributed by atoms with E-state index in [0.29, 0.717) is 5.69 Å². The van der Waals surface area contributed by atoms with E-state index in [2.05, 4.69) is 69.5 Å². The lowest BCUT2D eigenvalue weighted by Crippen LogP contribution is -2.35. The third kappa shape index (κ3) is 3.34. The van der Waals surface area contributed by atoms with Gasteiger partial charge < -0.3 is 9.30 Å². The fraction of sp³-hybridized carbons (Fsp3) is 0.310. The number of aromatic nitrogens is 5. The van der Waals surface area contributed by atoms with Crippen LogP contribution in [0.3, 0.4) is 0 Å². The van der Waals surface area contributed by atoms with E-state index in [1.54, 1.807) is 6.33 Å². The van der Waals surface area contributed by atoms with E-state index in [4.69, 9.17) is 11.2 Å². The second-order valence-corrected chi connectivity index (χ2v) is 9.78. The van der Waals surface area contributed by atoms with Crippen LogP contribution in [0.5, 0.6) is 5.88 Å². The molecule has 1 aliphatic carbocycles. The minimum absolute atomic E-state index is 0.213. The molecule has 6 heteroatoms. The summed E-state index contributed by atoms with van der Waals surface area (Å²) >= 11 is 0. The SMILES string of the molecule is C#Cc1cc(C)c(-c2c(C3=CC[C@@]4(CC3)Cc3ccc(C)nc3O4)c3c(C)ncnc3n2C)cn1. The number of ether oxygens (including phenoxy) is 1. The van der Waals surface area contributed by atoms with Gasteiger partial charge in [0.05, 0.1) is 11.4 Å². The van der Waals surface area contributed by atoms with Crippen LogP contribution in [0, 0.1) is 33.1 Å². The average Bonchev–Trinajstić information content (AvgIpc) is 3.35. The highest BCUT2D eigenvalue weighted by Crippen LogP contribution is 2.47. The van der Waals surface area contributed by atoms with Crippen molar-refractivity contribution in [3.8, 4) is 29.5 Å². The molecular weight excluding hydrogens is 434 g/mol. The third-order valence-electron chi connectivity index (χ3n) is 7.47. The highest BCUT2D eigenvalue weighted by atomic mass is 16.5. The maximum absolute atomic E-state index is 6.46. The normalized spacial score (nSPS) is 18.9. The molecule has 4 aromatic heterocycles. The van der Waals surface area contributed by atoms with E-state index in [1.165, 1.54) is 16.7 Å². The van der Waals surface area contributed by atoms with Gasteiger partial charge in [-0.25, -0.2) is 19.9 Å². The van der Waals surface area contributed by atoms with Crippen LogP contribution in [0.25, 0.3) is 27.9 Å². The summed E-state index contributed by atoms with van der Waals surface area (Å²) in [6.45, 7) is 6.15. The summed E-state index contributed by atoms with van der Waals surface area (Å²) in [6.07, 6.45) is 15.1. The first-order valence-electron chi connectivity index (χ1n) is 12.0. The van der Waals surface area contributed by atoms with Crippen molar-refractivity contribution < 1.29 is 4.74 Å². The lowest BCUT2D eigenvalue weighted by atomic mass is 9.80. The van der Waals surface area contributed by atoms with E-state index < -0.39 is 0 Å². The fourth-order valence-corrected chi connectivity index (χ4v) is 5.64. The molecule has 0 aromatic carbocycles. The van der Waals surface area contributed by atoms with Gasteiger partial charge in [-0.15, -0.1) is 6.42 Å². The Hall–Kier alpha value is -3.98. The summed E-state index contributed by atoms with van der Waals surface area (Å²) in [4.78, 5) is 18.3. The predicted molar refractivity (Wildman–Crippen MR) is 137 cm³/mol. The zero-order chi connectivity index (χ0) is 24.3. The van der Waals surface area contributed by atoms with Crippen LogP contribution in [0.15, 0.2) is 36.8 Å². The molecule has 6 nitrogen and oxygen atoms in total. The number of nitrogens with zero attached hydrogens (tertiary/aromatic N) is 5. The molecular formula is C29H27N5O. The minimum Gasteiger partial charge on any atom is -0.470 e. The molecule has 1 aliphatic heterocycles. The van der Waals surface area contributed by atoms with Crippen LogP contribution in [-0.4, -0.2) is 30.1 Å². The topological polar surface area (TPSA) is 65.7 Å².